The molecule has 0 spiro atoms. The number of nitriles is 1. The van der Waals surface area contributed by atoms with Crippen LogP contribution in [-0.4, -0.2) is 23.9 Å². The summed E-state index contributed by atoms with van der Waals surface area (Å²) in [5.41, 5.74) is 0.356. The maximum atomic E-state index is 12.9. The van der Waals surface area contributed by atoms with E-state index in [-0.39, 0.29) is 28.4 Å². The van der Waals surface area contributed by atoms with Crippen molar-refractivity contribution in [2.75, 3.05) is 12.4 Å². The number of carbonyl (C=O) groups excluding carboxylic acids is 2. The molecule has 1 amide bonds. The van der Waals surface area contributed by atoms with E-state index in [2.05, 4.69) is 5.32 Å². The number of methoxy groups -OCH3 is 1. The van der Waals surface area contributed by atoms with E-state index in [0.29, 0.717) is 11.1 Å². The molecule has 4 aromatic carbocycles. The summed E-state index contributed by atoms with van der Waals surface area (Å²) in [4.78, 5) is 36.1. The van der Waals surface area contributed by atoms with Crippen molar-refractivity contribution < 1.29 is 24.0 Å². The molecular weight excluding hydrogens is 474 g/mol. The number of hydrogen-bond acceptors (Lipinski definition) is 7. The molecule has 0 bridgehead atoms. The number of hydrogen-bond donors (Lipinski definition) is 1. The minimum Gasteiger partial charge on any atom is -0.495 e. The highest BCUT2D eigenvalue weighted by molar-refractivity contribution is 6.10. The Bertz CT molecular complexity index is 1600. The van der Waals surface area contributed by atoms with Gasteiger partial charge in [-0.05, 0) is 46.7 Å². The Kier molecular flexibility index (Phi) is 7.21. The first-order valence-corrected chi connectivity index (χ1v) is 10.9. The number of fused-ring (bicyclic) bond motifs is 1. The Balaban J connectivity index is 1.56. The first kappa shape index (κ1) is 24.6. The summed E-state index contributed by atoms with van der Waals surface area (Å²) in [5.74, 6) is -0.920. The van der Waals surface area contributed by atoms with Crippen LogP contribution in [0.5, 0.6) is 11.5 Å². The predicted octanol–water partition coefficient (Wildman–Crippen LogP) is 5.52. The molecule has 0 fully saturated rings. The average Bonchev–Trinajstić information content (AvgIpc) is 2.91. The summed E-state index contributed by atoms with van der Waals surface area (Å²) < 4.78 is 10.7. The maximum absolute atomic E-state index is 12.9. The van der Waals surface area contributed by atoms with E-state index in [0.717, 1.165) is 16.8 Å². The van der Waals surface area contributed by atoms with Crippen molar-refractivity contribution in [2.45, 2.75) is 0 Å². The van der Waals surface area contributed by atoms with Gasteiger partial charge in [0.1, 0.15) is 23.1 Å². The number of rotatable bonds is 7. The van der Waals surface area contributed by atoms with Gasteiger partial charge in [-0.25, -0.2) is 4.79 Å². The summed E-state index contributed by atoms with van der Waals surface area (Å²) in [7, 11) is 1.35. The van der Waals surface area contributed by atoms with Crippen molar-refractivity contribution in [3.05, 3.63) is 112 Å². The fourth-order valence-electron chi connectivity index (χ4n) is 3.65. The fourth-order valence-corrected chi connectivity index (χ4v) is 3.65. The van der Waals surface area contributed by atoms with Crippen LogP contribution in [0, 0.1) is 21.4 Å². The van der Waals surface area contributed by atoms with Gasteiger partial charge in [0.15, 0.2) is 0 Å². The van der Waals surface area contributed by atoms with Crippen LogP contribution >= 0.6 is 0 Å². The molecule has 4 rings (SSSR count). The fraction of sp³-hybridized carbons (Fsp3) is 0.0357. The Morgan fingerprint density at radius 2 is 1.76 bits per heavy atom. The maximum Gasteiger partial charge on any atom is 0.344 e. The van der Waals surface area contributed by atoms with Gasteiger partial charge in [0, 0.05) is 12.1 Å². The third-order valence-electron chi connectivity index (χ3n) is 5.40. The molecule has 1 N–H and O–H groups in total. The number of carbonyl (C=O) groups is 2. The molecular formula is C28H19N3O6. The monoisotopic (exact) mass is 493 g/mol. The Morgan fingerprint density at radius 1 is 1.00 bits per heavy atom. The number of non-ortho nitro benzene ring substituents is 1. The normalized spacial score (nSPS) is 10.9. The Hall–Kier alpha value is -5.49. The molecule has 0 saturated heterocycles. The lowest BCUT2D eigenvalue weighted by Crippen LogP contribution is -2.14. The van der Waals surface area contributed by atoms with E-state index < -0.39 is 16.8 Å². The van der Waals surface area contributed by atoms with Gasteiger partial charge in [-0.15, -0.1) is 0 Å². The van der Waals surface area contributed by atoms with Crippen LogP contribution in [0.15, 0.2) is 90.5 Å². The van der Waals surface area contributed by atoms with E-state index in [4.69, 9.17) is 9.47 Å². The number of esters is 1. The molecule has 4 aromatic rings. The number of benzene rings is 4. The molecule has 0 aliphatic rings. The number of anilines is 1. The number of nitrogens with zero attached hydrogens (tertiary/aromatic N) is 2. The molecule has 182 valence electrons. The van der Waals surface area contributed by atoms with Gasteiger partial charge in [0.2, 0.25) is 0 Å². The van der Waals surface area contributed by atoms with Gasteiger partial charge in [0.25, 0.3) is 11.6 Å². The zero-order chi connectivity index (χ0) is 26.4. The van der Waals surface area contributed by atoms with Crippen LogP contribution in [-0.2, 0) is 4.79 Å². The van der Waals surface area contributed by atoms with Crippen LogP contribution in [0.25, 0.3) is 16.8 Å². The van der Waals surface area contributed by atoms with Crippen molar-refractivity contribution >= 4 is 40.1 Å². The van der Waals surface area contributed by atoms with Crippen LogP contribution in [0.2, 0.25) is 0 Å². The van der Waals surface area contributed by atoms with E-state index in [1.165, 1.54) is 31.4 Å². The van der Waals surface area contributed by atoms with Crippen LogP contribution in [0.4, 0.5) is 11.4 Å². The van der Waals surface area contributed by atoms with Gasteiger partial charge in [0.05, 0.1) is 23.3 Å². The summed E-state index contributed by atoms with van der Waals surface area (Å²) >= 11 is 0. The Labute approximate surface area is 211 Å². The zero-order valence-electron chi connectivity index (χ0n) is 19.5. The number of nitrogens with one attached hydrogen (secondary N) is 1. The first-order chi connectivity index (χ1) is 17.9. The number of ether oxygens (including phenoxy) is 2. The minimum atomic E-state index is -0.792. The molecule has 0 aromatic heterocycles. The average molecular weight is 493 g/mol. The lowest BCUT2D eigenvalue weighted by atomic mass is 10.0. The summed E-state index contributed by atoms with van der Waals surface area (Å²) in [6, 6.07) is 24.7. The highest BCUT2D eigenvalue weighted by Gasteiger charge is 2.17. The van der Waals surface area contributed by atoms with Gasteiger partial charge < -0.3 is 14.8 Å². The lowest BCUT2D eigenvalue weighted by Gasteiger charge is -2.10. The SMILES string of the molecule is COc1ccc([N+](=O)[O-])cc1NC(=O)/C(C#N)=C/c1cccc(OC(=O)c2cccc3ccccc23)c1. The number of nitro groups is 1. The van der Waals surface area contributed by atoms with Crippen molar-refractivity contribution in [1.82, 2.24) is 0 Å². The number of amides is 1. The standard InChI is InChI=1S/C28H19N3O6/c1-36-26-13-12-21(31(34)35)16-25(26)30-27(32)20(17-29)14-18-6-4-9-22(15-18)37-28(33)24-11-5-8-19-7-2-3-10-23(19)24/h2-16H,1H3,(H,30,32)/b20-14+. The van der Waals surface area contributed by atoms with Gasteiger partial charge in [-0.1, -0.05) is 48.5 Å². The van der Waals surface area contributed by atoms with E-state index in [1.54, 1.807) is 30.3 Å². The number of nitro benzene ring substituents is 1. The molecule has 0 unspecified atom stereocenters. The van der Waals surface area contributed by atoms with Crippen LogP contribution < -0.4 is 14.8 Å². The third kappa shape index (κ3) is 5.61. The molecule has 0 heterocycles. The summed E-state index contributed by atoms with van der Waals surface area (Å²) in [6.07, 6.45) is 1.31. The van der Waals surface area contributed by atoms with E-state index >= 15 is 0 Å². The molecule has 37 heavy (non-hydrogen) atoms. The zero-order valence-corrected chi connectivity index (χ0v) is 19.5. The highest BCUT2D eigenvalue weighted by atomic mass is 16.6. The molecule has 0 aliphatic carbocycles. The topological polar surface area (TPSA) is 132 Å². The second kappa shape index (κ2) is 10.8. The predicted molar refractivity (Wildman–Crippen MR) is 137 cm³/mol. The molecule has 0 aliphatic heterocycles. The van der Waals surface area contributed by atoms with Crippen molar-refractivity contribution in [2.24, 2.45) is 0 Å². The van der Waals surface area contributed by atoms with E-state index in [1.807, 2.05) is 36.4 Å². The van der Waals surface area contributed by atoms with Gasteiger partial charge in [-0.2, -0.15) is 5.26 Å². The summed E-state index contributed by atoms with van der Waals surface area (Å²) in [6.45, 7) is 0. The van der Waals surface area contributed by atoms with Gasteiger partial charge in [-0.3, -0.25) is 14.9 Å². The molecule has 9 heteroatoms. The summed E-state index contributed by atoms with van der Waals surface area (Å²) in [5, 5.41) is 24.8. The molecule has 0 radical (unpaired) electrons. The molecule has 9 nitrogen and oxygen atoms in total. The van der Waals surface area contributed by atoms with Crippen LogP contribution in [0.3, 0.4) is 0 Å². The van der Waals surface area contributed by atoms with Gasteiger partial charge >= 0.3 is 5.97 Å². The lowest BCUT2D eigenvalue weighted by molar-refractivity contribution is -0.384. The van der Waals surface area contributed by atoms with Crippen molar-refractivity contribution in [3.63, 3.8) is 0 Å². The van der Waals surface area contributed by atoms with Crippen molar-refractivity contribution in [1.29, 1.82) is 5.26 Å². The third-order valence-corrected chi connectivity index (χ3v) is 5.40. The van der Waals surface area contributed by atoms with E-state index in [9.17, 15) is 25.0 Å². The highest BCUT2D eigenvalue weighted by Crippen LogP contribution is 2.29. The largest absolute Gasteiger partial charge is 0.495 e. The Morgan fingerprint density at radius 3 is 2.51 bits per heavy atom. The van der Waals surface area contributed by atoms with Crippen LogP contribution in [0.1, 0.15) is 15.9 Å². The second-order valence-electron chi connectivity index (χ2n) is 7.75. The first-order valence-electron chi connectivity index (χ1n) is 10.9. The smallest absolute Gasteiger partial charge is 0.344 e. The molecule has 0 atom stereocenters. The van der Waals surface area contributed by atoms with Crippen molar-refractivity contribution in [3.8, 4) is 17.6 Å². The molecule has 0 saturated carbocycles. The minimum absolute atomic E-state index is 0.0422. The quantitative estimate of drug-likeness (QED) is 0.0895. The second-order valence-corrected chi connectivity index (χ2v) is 7.75.